The zero-order valence-electron chi connectivity index (χ0n) is 17.6. The van der Waals surface area contributed by atoms with Crippen molar-refractivity contribution >= 4 is 39.0 Å². The molecule has 3 rings (SSSR count). The maximum atomic E-state index is 12.8. The van der Waals surface area contributed by atoms with Crippen molar-refractivity contribution in [2.45, 2.75) is 18.7 Å². The number of hydrogen-bond acceptors (Lipinski definition) is 8. The van der Waals surface area contributed by atoms with Gasteiger partial charge in [-0.15, -0.1) is 0 Å². The minimum Gasteiger partial charge on any atom is -0.279 e. The number of aryl methyl sites for hydroxylation is 2. The summed E-state index contributed by atoms with van der Waals surface area (Å²) in [5.74, 6) is 0. The number of anilines is 2. The minimum absolute atomic E-state index is 0.0831. The fourth-order valence-electron chi connectivity index (χ4n) is 2.99. The Morgan fingerprint density at radius 3 is 2.21 bits per heavy atom. The third-order valence-corrected chi connectivity index (χ3v) is 5.99. The Labute approximate surface area is 189 Å². The second-order valence-electron chi connectivity index (χ2n) is 7.05. The summed E-state index contributed by atoms with van der Waals surface area (Å²) in [5.41, 5.74) is 3.86. The highest BCUT2D eigenvalue weighted by Crippen LogP contribution is 2.29. The fraction of sp³-hybridized carbons (Fsp3) is 0.0952. The van der Waals surface area contributed by atoms with E-state index in [0.717, 1.165) is 17.8 Å². The predicted molar refractivity (Wildman–Crippen MR) is 124 cm³/mol. The summed E-state index contributed by atoms with van der Waals surface area (Å²) in [6.07, 6.45) is 1.15. The first-order valence-corrected chi connectivity index (χ1v) is 11.0. The van der Waals surface area contributed by atoms with Gasteiger partial charge in [-0.25, -0.2) is 8.42 Å². The summed E-state index contributed by atoms with van der Waals surface area (Å²) in [7, 11) is -4.10. The van der Waals surface area contributed by atoms with E-state index in [4.69, 9.17) is 0 Å². The van der Waals surface area contributed by atoms with Crippen molar-refractivity contribution in [2.24, 2.45) is 5.10 Å². The molecule has 0 unspecified atom stereocenters. The Kier molecular flexibility index (Phi) is 6.68. The van der Waals surface area contributed by atoms with E-state index >= 15 is 0 Å². The Hall–Kier alpha value is -4.32. The average Bonchev–Trinajstić information content (AvgIpc) is 2.76. The van der Waals surface area contributed by atoms with E-state index in [-0.39, 0.29) is 21.8 Å². The smallest absolute Gasteiger partial charge is 0.279 e. The van der Waals surface area contributed by atoms with Crippen LogP contribution in [0.3, 0.4) is 0 Å². The average molecular weight is 469 g/mol. The molecule has 12 heteroatoms. The zero-order valence-corrected chi connectivity index (χ0v) is 18.4. The molecule has 3 aromatic carbocycles. The van der Waals surface area contributed by atoms with E-state index in [2.05, 4.69) is 15.2 Å². The molecule has 170 valence electrons. The fourth-order valence-corrected chi connectivity index (χ4v) is 4.14. The van der Waals surface area contributed by atoms with E-state index in [1.54, 1.807) is 25.1 Å². The van der Waals surface area contributed by atoms with Gasteiger partial charge in [-0.2, -0.15) is 5.10 Å². The Balaban J connectivity index is 1.88. The lowest BCUT2D eigenvalue weighted by Crippen LogP contribution is -2.14. The highest BCUT2D eigenvalue weighted by Gasteiger charge is 2.22. The summed E-state index contributed by atoms with van der Waals surface area (Å²) in [4.78, 5) is 21.0. The van der Waals surface area contributed by atoms with Crippen molar-refractivity contribution in [2.75, 3.05) is 10.1 Å². The first kappa shape index (κ1) is 23.3. The Bertz CT molecular complexity index is 1370. The van der Waals surface area contributed by atoms with Gasteiger partial charge in [0.2, 0.25) is 0 Å². The number of sulfonamides is 1. The largest absolute Gasteiger partial charge is 0.295 e. The van der Waals surface area contributed by atoms with Crippen LogP contribution >= 0.6 is 0 Å². The molecule has 3 aromatic rings. The highest BCUT2D eigenvalue weighted by molar-refractivity contribution is 7.92. The normalized spacial score (nSPS) is 11.3. The molecule has 0 atom stereocenters. The molecule has 11 nitrogen and oxygen atoms in total. The van der Waals surface area contributed by atoms with E-state index in [9.17, 15) is 28.6 Å². The van der Waals surface area contributed by atoms with Gasteiger partial charge in [0.25, 0.3) is 21.4 Å². The molecule has 0 bridgehead atoms. The van der Waals surface area contributed by atoms with Crippen molar-refractivity contribution in [3.05, 3.63) is 97.6 Å². The van der Waals surface area contributed by atoms with E-state index in [1.807, 2.05) is 13.0 Å². The monoisotopic (exact) mass is 469 g/mol. The van der Waals surface area contributed by atoms with Crippen molar-refractivity contribution in [1.29, 1.82) is 0 Å². The molecule has 0 aliphatic carbocycles. The van der Waals surface area contributed by atoms with Crippen molar-refractivity contribution in [1.82, 2.24) is 0 Å². The van der Waals surface area contributed by atoms with Crippen molar-refractivity contribution < 1.29 is 18.3 Å². The number of rotatable bonds is 8. The van der Waals surface area contributed by atoms with Crippen LogP contribution in [0, 0.1) is 34.1 Å². The molecule has 2 N–H and O–H groups in total. The minimum atomic E-state index is -4.10. The summed E-state index contributed by atoms with van der Waals surface area (Å²) in [5, 5.41) is 26.4. The van der Waals surface area contributed by atoms with Crippen LogP contribution in [-0.2, 0) is 10.0 Å². The zero-order chi connectivity index (χ0) is 24.2. The molecule has 0 aliphatic heterocycles. The SMILES string of the molecule is Cc1ccc(NS(=O)(=O)c2ccc(N/N=C/c3ccccc3[N+](=O)[O-])c([N+](=O)[O-])c2)c(C)c1. The third-order valence-electron chi connectivity index (χ3n) is 4.62. The maximum Gasteiger partial charge on any atom is 0.295 e. The summed E-state index contributed by atoms with van der Waals surface area (Å²) in [6.45, 7) is 3.62. The number of nitrogens with one attached hydrogen (secondary N) is 2. The number of hydrazone groups is 1. The number of nitro groups is 2. The Morgan fingerprint density at radius 2 is 1.55 bits per heavy atom. The van der Waals surface area contributed by atoms with Gasteiger partial charge in [0.05, 0.1) is 32.2 Å². The van der Waals surface area contributed by atoms with Gasteiger partial charge < -0.3 is 0 Å². The molecule has 0 heterocycles. The van der Waals surface area contributed by atoms with Gasteiger partial charge in [-0.05, 0) is 43.7 Å². The molecule has 0 spiro atoms. The molecule has 0 saturated heterocycles. The molecule has 0 radical (unpaired) electrons. The maximum absolute atomic E-state index is 12.8. The lowest BCUT2D eigenvalue weighted by molar-refractivity contribution is -0.385. The number of nitro benzene ring substituents is 2. The lowest BCUT2D eigenvalue weighted by Gasteiger charge is -2.12. The standard InChI is InChI=1S/C21H19N5O6S/c1-14-7-9-18(15(2)11-14)24-33(31,32)17-8-10-19(21(12-17)26(29)30)23-22-13-16-5-3-4-6-20(16)25(27)28/h3-13,23-24H,1-2H3/b22-13+. The van der Waals surface area contributed by atoms with Crippen LogP contribution in [0.1, 0.15) is 16.7 Å². The first-order valence-electron chi connectivity index (χ1n) is 9.49. The second-order valence-corrected chi connectivity index (χ2v) is 8.73. The van der Waals surface area contributed by atoms with Crippen LogP contribution in [0.2, 0.25) is 0 Å². The molecule has 0 amide bonds. The quantitative estimate of drug-likeness (QED) is 0.282. The number of nitrogens with zero attached hydrogens (tertiary/aromatic N) is 3. The second kappa shape index (κ2) is 9.44. The van der Waals surface area contributed by atoms with Crippen LogP contribution in [0.5, 0.6) is 0 Å². The van der Waals surface area contributed by atoms with Crippen LogP contribution in [0.25, 0.3) is 0 Å². The number of benzene rings is 3. The topological polar surface area (TPSA) is 157 Å². The van der Waals surface area contributed by atoms with Gasteiger partial charge in [0.1, 0.15) is 5.69 Å². The van der Waals surface area contributed by atoms with Gasteiger partial charge in [-0.1, -0.05) is 29.8 Å². The predicted octanol–water partition coefficient (Wildman–Crippen LogP) is 4.37. The molecule has 0 aliphatic rings. The van der Waals surface area contributed by atoms with Gasteiger partial charge in [0, 0.05) is 12.1 Å². The van der Waals surface area contributed by atoms with Crippen LogP contribution in [0.4, 0.5) is 22.7 Å². The summed E-state index contributed by atoms with van der Waals surface area (Å²) < 4.78 is 28.0. The summed E-state index contributed by atoms with van der Waals surface area (Å²) >= 11 is 0. The van der Waals surface area contributed by atoms with Gasteiger partial charge >= 0.3 is 0 Å². The molecular weight excluding hydrogens is 450 g/mol. The van der Waals surface area contributed by atoms with Crippen molar-refractivity contribution in [3.63, 3.8) is 0 Å². The van der Waals surface area contributed by atoms with Gasteiger partial charge in [-0.3, -0.25) is 30.4 Å². The van der Waals surface area contributed by atoms with Gasteiger partial charge in [0.15, 0.2) is 0 Å². The lowest BCUT2D eigenvalue weighted by atomic mass is 10.1. The number of para-hydroxylation sites is 1. The van der Waals surface area contributed by atoms with E-state index < -0.39 is 25.6 Å². The number of hydrogen-bond donors (Lipinski definition) is 2. The third kappa shape index (κ3) is 5.49. The van der Waals surface area contributed by atoms with Crippen LogP contribution in [0.15, 0.2) is 70.7 Å². The highest BCUT2D eigenvalue weighted by atomic mass is 32.2. The van der Waals surface area contributed by atoms with Crippen molar-refractivity contribution in [3.8, 4) is 0 Å². The molecule has 33 heavy (non-hydrogen) atoms. The van der Waals surface area contributed by atoms with E-state index in [0.29, 0.717) is 11.3 Å². The molecule has 0 fully saturated rings. The van der Waals surface area contributed by atoms with E-state index in [1.165, 1.54) is 30.3 Å². The van der Waals surface area contributed by atoms with Crippen LogP contribution < -0.4 is 10.1 Å². The van der Waals surface area contributed by atoms with Crippen LogP contribution in [-0.4, -0.2) is 24.5 Å². The molecule has 0 aromatic heterocycles. The first-order chi connectivity index (χ1) is 15.6. The summed E-state index contributed by atoms with van der Waals surface area (Å²) in [6, 6.07) is 14.3. The molecule has 0 saturated carbocycles. The Morgan fingerprint density at radius 1 is 0.879 bits per heavy atom. The molecular formula is C21H19N5O6S.